The molecule has 0 saturated heterocycles. The Hall–Kier alpha value is -2.21. The molecule has 27 heavy (non-hydrogen) atoms. The molecule has 145 valence electrons. The van der Waals surface area contributed by atoms with E-state index < -0.39 is 0 Å². The number of anilines is 2. The summed E-state index contributed by atoms with van der Waals surface area (Å²) < 4.78 is 10.8. The van der Waals surface area contributed by atoms with Crippen molar-refractivity contribution in [3.63, 3.8) is 0 Å². The summed E-state index contributed by atoms with van der Waals surface area (Å²) >= 11 is 5.30. The lowest BCUT2D eigenvalue weighted by molar-refractivity contribution is 0.340. The van der Waals surface area contributed by atoms with E-state index in [1.807, 2.05) is 62.4 Å². The first-order valence-electron chi connectivity index (χ1n) is 9.48. The van der Waals surface area contributed by atoms with Gasteiger partial charge < -0.3 is 20.1 Å². The molecule has 1 radical (unpaired) electrons. The van der Waals surface area contributed by atoms with Crippen LogP contribution in [0.2, 0.25) is 12.6 Å². The van der Waals surface area contributed by atoms with Crippen LogP contribution < -0.4 is 20.1 Å². The Balaban J connectivity index is 0.000000646. The topological polar surface area (TPSA) is 42.5 Å². The molecule has 0 heterocycles. The maximum atomic E-state index is 5.40. The van der Waals surface area contributed by atoms with Crippen molar-refractivity contribution in [2.75, 3.05) is 23.8 Å². The average Bonchev–Trinajstić information content (AvgIpc) is 2.66. The van der Waals surface area contributed by atoms with Crippen molar-refractivity contribution in [2.24, 2.45) is 0 Å². The molecule has 2 rings (SSSR count). The normalized spacial score (nSPS) is 9.48. The number of nitrogens with one attached hydrogen (secondary N) is 2. The summed E-state index contributed by atoms with van der Waals surface area (Å²) in [5, 5.41) is 6.80. The van der Waals surface area contributed by atoms with Crippen molar-refractivity contribution in [2.45, 2.75) is 40.3 Å². The second kappa shape index (κ2) is 13.9. The Bertz CT molecular complexity index is 593. The van der Waals surface area contributed by atoms with Crippen LogP contribution in [0.3, 0.4) is 0 Å². The van der Waals surface area contributed by atoms with Gasteiger partial charge in [0, 0.05) is 11.4 Å². The van der Waals surface area contributed by atoms with Gasteiger partial charge in [-0.25, -0.2) is 0 Å². The van der Waals surface area contributed by atoms with Gasteiger partial charge in [0.15, 0.2) is 5.11 Å². The molecule has 0 amide bonds. The molecule has 2 aromatic carbocycles. The fourth-order valence-electron chi connectivity index (χ4n) is 2.18. The Morgan fingerprint density at radius 1 is 0.741 bits per heavy atom. The average molecular weight is 385 g/mol. The van der Waals surface area contributed by atoms with Crippen molar-refractivity contribution in [1.82, 2.24) is 0 Å². The Morgan fingerprint density at radius 2 is 1.11 bits per heavy atom. The SMILES string of the molecule is CCOc1ccc(NC(=S)Nc2ccc(OCC)cc2)cc1.CC[B]CC. The highest BCUT2D eigenvalue weighted by Gasteiger charge is 2.00. The molecule has 0 fully saturated rings. The molecule has 0 aliphatic carbocycles. The van der Waals surface area contributed by atoms with Crippen LogP contribution >= 0.6 is 12.2 Å². The lowest BCUT2D eigenvalue weighted by Gasteiger charge is -2.12. The molecule has 0 bridgehead atoms. The zero-order chi connectivity index (χ0) is 19.9. The van der Waals surface area contributed by atoms with Crippen LogP contribution in [-0.4, -0.2) is 25.6 Å². The zero-order valence-corrected chi connectivity index (χ0v) is 17.6. The molecule has 0 saturated carbocycles. The highest BCUT2D eigenvalue weighted by Crippen LogP contribution is 2.18. The molecule has 0 aromatic heterocycles. The molecule has 2 aromatic rings. The third kappa shape index (κ3) is 9.90. The van der Waals surface area contributed by atoms with E-state index in [0.717, 1.165) is 22.9 Å². The summed E-state index contributed by atoms with van der Waals surface area (Å²) in [4.78, 5) is 0. The molecule has 6 heteroatoms. The van der Waals surface area contributed by atoms with E-state index in [2.05, 4.69) is 31.8 Å². The molecule has 0 spiro atoms. The van der Waals surface area contributed by atoms with Gasteiger partial charge in [0.05, 0.1) is 13.2 Å². The number of ether oxygens (including phenoxy) is 2. The van der Waals surface area contributed by atoms with E-state index in [1.165, 1.54) is 12.6 Å². The highest BCUT2D eigenvalue weighted by atomic mass is 32.1. The van der Waals surface area contributed by atoms with E-state index in [0.29, 0.717) is 18.3 Å². The van der Waals surface area contributed by atoms with E-state index in [1.54, 1.807) is 0 Å². The third-order valence-electron chi connectivity index (χ3n) is 3.42. The molecule has 2 N–H and O–H groups in total. The van der Waals surface area contributed by atoms with Gasteiger partial charge in [0.25, 0.3) is 0 Å². The van der Waals surface area contributed by atoms with Crippen molar-refractivity contribution in [1.29, 1.82) is 0 Å². The second-order valence-electron chi connectivity index (χ2n) is 5.60. The fourth-order valence-corrected chi connectivity index (χ4v) is 2.42. The number of hydrogen-bond donors (Lipinski definition) is 2. The summed E-state index contributed by atoms with van der Waals surface area (Å²) in [5.41, 5.74) is 1.82. The zero-order valence-electron chi connectivity index (χ0n) is 16.7. The maximum absolute atomic E-state index is 5.40. The van der Waals surface area contributed by atoms with Crippen LogP contribution in [0.5, 0.6) is 11.5 Å². The standard InChI is InChI=1S/C17H20N2O2S.C4H10B/c1-3-20-15-9-5-13(6-10-15)18-17(22)19-14-7-11-16(12-8-14)21-4-2;1-3-5-4-2/h5-12H,3-4H2,1-2H3,(H2,18,19,22);3-4H2,1-2H3. The summed E-state index contributed by atoms with van der Waals surface area (Å²) in [6.07, 6.45) is 2.44. The first kappa shape index (κ1) is 22.8. The van der Waals surface area contributed by atoms with Crippen molar-refractivity contribution in [3.8, 4) is 11.5 Å². The third-order valence-corrected chi connectivity index (χ3v) is 3.63. The van der Waals surface area contributed by atoms with Crippen molar-refractivity contribution < 1.29 is 9.47 Å². The van der Waals surface area contributed by atoms with Crippen molar-refractivity contribution >= 4 is 36.0 Å². The fraction of sp³-hybridized carbons (Fsp3) is 0.381. The number of hydrogen-bond acceptors (Lipinski definition) is 3. The van der Waals surface area contributed by atoms with Gasteiger partial charge >= 0.3 is 0 Å². The van der Waals surface area contributed by atoms with Crippen LogP contribution in [0.1, 0.15) is 27.7 Å². The largest absolute Gasteiger partial charge is 0.494 e. The first-order valence-corrected chi connectivity index (χ1v) is 9.89. The van der Waals surface area contributed by atoms with Crippen LogP contribution in [0.25, 0.3) is 0 Å². The lowest BCUT2D eigenvalue weighted by Crippen LogP contribution is -2.18. The minimum atomic E-state index is 0.535. The minimum Gasteiger partial charge on any atom is -0.494 e. The molecule has 0 unspecified atom stereocenters. The highest BCUT2D eigenvalue weighted by molar-refractivity contribution is 7.80. The van der Waals surface area contributed by atoms with Crippen LogP contribution in [0.15, 0.2) is 48.5 Å². The smallest absolute Gasteiger partial charge is 0.175 e. The van der Waals surface area contributed by atoms with E-state index >= 15 is 0 Å². The number of benzene rings is 2. The van der Waals surface area contributed by atoms with E-state index in [4.69, 9.17) is 21.7 Å². The van der Waals surface area contributed by atoms with Crippen LogP contribution in [0.4, 0.5) is 11.4 Å². The van der Waals surface area contributed by atoms with Crippen LogP contribution in [0, 0.1) is 0 Å². The monoisotopic (exact) mass is 385 g/mol. The molecular weight excluding hydrogens is 355 g/mol. The van der Waals surface area contributed by atoms with Gasteiger partial charge in [0.1, 0.15) is 18.8 Å². The Kier molecular flexibility index (Phi) is 11.8. The maximum Gasteiger partial charge on any atom is 0.175 e. The first-order chi connectivity index (χ1) is 13.1. The van der Waals surface area contributed by atoms with E-state index in [9.17, 15) is 0 Å². The summed E-state index contributed by atoms with van der Waals surface area (Å²) in [5.74, 6) is 1.69. The summed E-state index contributed by atoms with van der Waals surface area (Å²) in [6, 6.07) is 15.3. The van der Waals surface area contributed by atoms with Crippen LogP contribution in [-0.2, 0) is 0 Å². The predicted octanol–water partition coefficient (Wildman–Crippen LogP) is 5.86. The molecule has 4 nitrogen and oxygen atoms in total. The van der Waals surface area contributed by atoms with Gasteiger partial charge in [-0.1, -0.05) is 26.5 Å². The molecular formula is C21H30BN2O2S. The van der Waals surface area contributed by atoms with Gasteiger partial charge in [-0.15, -0.1) is 0 Å². The van der Waals surface area contributed by atoms with Gasteiger partial charge in [-0.3, -0.25) is 0 Å². The Morgan fingerprint density at radius 3 is 1.37 bits per heavy atom. The van der Waals surface area contributed by atoms with Gasteiger partial charge in [-0.05, 0) is 74.6 Å². The number of rotatable bonds is 8. The summed E-state index contributed by atoms with van der Waals surface area (Å²) in [7, 11) is 2.25. The Labute approximate surface area is 169 Å². The molecule has 0 aliphatic rings. The molecule has 0 aliphatic heterocycles. The van der Waals surface area contributed by atoms with Crippen molar-refractivity contribution in [3.05, 3.63) is 48.5 Å². The van der Waals surface area contributed by atoms with E-state index in [-0.39, 0.29) is 0 Å². The van der Waals surface area contributed by atoms with Gasteiger partial charge in [-0.2, -0.15) is 0 Å². The quantitative estimate of drug-likeness (QED) is 0.440. The minimum absolute atomic E-state index is 0.535. The number of thiocarbonyl (C=S) groups is 1. The summed E-state index contributed by atoms with van der Waals surface area (Å²) in [6.45, 7) is 9.55. The lowest BCUT2D eigenvalue weighted by atomic mass is 9.73. The second-order valence-corrected chi connectivity index (χ2v) is 6.01. The predicted molar refractivity (Wildman–Crippen MR) is 122 cm³/mol. The van der Waals surface area contributed by atoms with Gasteiger partial charge in [0.2, 0.25) is 0 Å². The molecule has 0 atom stereocenters.